The van der Waals surface area contributed by atoms with E-state index < -0.39 is 0 Å². The number of para-hydroxylation sites is 2. The van der Waals surface area contributed by atoms with Crippen LogP contribution in [0.4, 0.5) is 5.69 Å². The third kappa shape index (κ3) is 3.77. The maximum atomic E-state index is 13.3. The molecule has 0 spiro atoms. The maximum absolute atomic E-state index is 13.3. The Hall–Kier alpha value is -3.54. The number of amides is 2. The van der Waals surface area contributed by atoms with Gasteiger partial charge in [-0.25, -0.2) is 0 Å². The minimum Gasteiger partial charge on any atom is -0.495 e. The Morgan fingerprint density at radius 3 is 2.31 bits per heavy atom. The molecular formula is C26H29N3O3. The zero-order chi connectivity index (χ0) is 22.8. The molecule has 2 aliphatic heterocycles. The Bertz CT molecular complexity index is 1100. The quantitative estimate of drug-likeness (QED) is 0.518. The summed E-state index contributed by atoms with van der Waals surface area (Å²) in [6.45, 7) is 10.7. The van der Waals surface area contributed by atoms with Crippen molar-refractivity contribution in [1.29, 1.82) is 0 Å². The molecule has 2 aromatic rings. The summed E-state index contributed by atoms with van der Waals surface area (Å²) in [5, 5.41) is 0. The Morgan fingerprint density at radius 1 is 0.969 bits per heavy atom. The number of ether oxygens (including phenoxy) is 1. The highest BCUT2D eigenvalue weighted by Crippen LogP contribution is 2.35. The zero-order valence-corrected chi connectivity index (χ0v) is 18.9. The monoisotopic (exact) mass is 431 g/mol. The molecule has 166 valence electrons. The number of nitrogens with zero attached hydrogens (tertiary/aromatic N) is 3. The molecule has 0 aliphatic carbocycles. The van der Waals surface area contributed by atoms with Gasteiger partial charge in [0.1, 0.15) is 11.4 Å². The van der Waals surface area contributed by atoms with Gasteiger partial charge in [-0.15, -0.1) is 6.58 Å². The first-order chi connectivity index (χ1) is 15.5. The van der Waals surface area contributed by atoms with Crippen molar-refractivity contribution in [3.63, 3.8) is 0 Å². The van der Waals surface area contributed by atoms with E-state index >= 15 is 0 Å². The Morgan fingerprint density at radius 2 is 1.66 bits per heavy atom. The number of hydrogen-bond donors (Lipinski definition) is 0. The summed E-state index contributed by atoms with van der Waals surface area (Å²) in [4.78, 5) is 32.3. The Kier molecular flexibility index (Phi) is 6.04. The number of rotatable bonds is 6. The predicted molar refractivity (Wildman–Crippen MR) is 127 cm³/mol. The molecule has 0 atom stereocenters. The molecule has 4 rings (SSSR count). The van der Waals surface area contributed by atoms with Gasteiger partial charge in [0.05, 0.1) is 18.4 Å². The molecular weight excluding hydrogens is 402 g/mol. The van der Waals surface area contributed by atoms with Crippen molar-refractivity contribution >= 4 is 23.1 Å². The molecule has 6 nitrogen and oxygen atoms in total. The fourth-order valence-corrected chi connectivity index (χ4v) is 4.55. The number of aryl methyl sites for hydroxylation is 2. The number of carbonyl (C=O) groups is 2. The van der Waals surface area contributed by atoms with Crippen molar-refractivity contribution in [3.8, 4) is 5.75 Å². The number of methoxy groups -OCH3 is 1. The lowest BCUT2D eigenvalue weighted by molar-refractivity contribution is -0.136. The molecule has 32 heavy (non-hydrogen) atoms. The molecule has 2 amide bonds. The highest BCUT2D eigenvalue weighted by Gasteiger charge is 2.42. The average molecular weight is 432 g/mol. The van der Waals surface area contributed by atoms with Crippen LogP contribution in [0, 0.1) is 13.8 Å². The van der Waals surface area contributed by atoms with Gasteiger partial charge in [-0.05, 0) is 37.1 Å². The molecule has 0 unspecified atom stereocenters. The van der Waals surface area contributed by atoms with Gasteiger partial charge >= 0.3 is 0 Å². The van der Waals surface area contributed by atoms with E-state index in [1.165, 1.54) is 4.90 Å². The number of imide groups is 1. The standard InChI is InChI=1S/C26H29N3O3/c1-5-12-29-25(30)23(20-11-10-18(2)17-19(20)3)24(26(29)31)28-15-13-27(14-16-28)21-8-6-7-9-22(21)32-4/h5-11,17H,1,12-16H2,2-4H3. The first-order valence-corrected chi connectivity index (χ1v) is 10.9. The zero-order valence-electron chi connectivity index (χ0n) is 18.9. The van der Waals surface area contributed by atoms with E-state index in [4.69, 9.17) is 4.74 Å². The number of anilines is 1. The summed E-state index contributed by atoms with van der Waals surface area (Å²) in [6, 6.07) is 13.9. The molecule has 0 aromatic heterocycles. The van der Waals surface area contributed by atoms with E-state index in [1.807, 2.05) is 56.3 Å². The summed E-state index contributed by atoms with van der Waals surface area (Å²) in [6.07, 6.45) is 1.60. The van der Waals surface area contributed by atoms with Crippen LogP contribution < -0.4 is 9.64 Å². The van der Waals surface area contributed by atoms with Crippen molar-refractivity contribution in [1.82, 2.24) is 9.80 Å². The molecule has 1 saturated heterocycles. The van der Waals surface area contributed by atoms with E-state index in [0.717, 1.165) is 41.2 Å². The molecule has 0 N–H and O–H groups in total. The van der Waals surface area contributed by atoms with Crippen LogP contribution in [-0.2, 0) is 9.59 Å². The SMILES string of the molecule is C=CCN1C(=O)C(c2ccc(C)cc2C)=C(N2CCN(c3ccccc3OC)CC2)C1=O. The number of piperazine rings is 1. The molecule has 0 radical (unpaired) electrons. The van der Waals surface area contributed by atoms with Crippen molar-refractivity contribution in [2.45, 2.75) is 13.8 Å². The Labute approximate surface area is 189 Å². The predicted octanol–water partition coefficient (Wildman–Crippen LogP) is 3.40. The molecule has 1 fully saturated rings. The van der Waals surface area contributed by atoms with Crippen LogP contribution in [-0.4, -0.2) is 61.4 Å². The molecule has 0 saturated carbocycles. The molecule has 2 aliphatic rings. The number of hydrogen-bond acceptors (Lipinski definition) is 5. The lowest BCUT2D eigenvalue weighted by atomic mass is 9.97. The Balaban J connectivity index is 1.67. The van der Waals surface area contributed by atoms with Gasteiger partial charge in [0.15, 0.2) is 0 Å². The first-order valence-electron chi connectivity index (χ1n) is 10.9. The second-order valence-electron chi connectivity index (χ2n) is 8.20. The van der Waals surface area contributed by atoms with Gasteiger partial charge in [-0.1, -0.05) is 42.0 Å². The van der Waals surface area contributed by atoms with Crippen LogP contribution in [0.1, 0.15) is 16.7 Å². The second kappa shape index (κ2) is 8.91. The van der Waals surface area contributed by atoms with Crippen LogP contribution in [0.5, 0.6) is 5.75 Å². The lowest BCUT2D eigenvalue weighted by Crippen LogP contribution is -2.47. The average Bonchev–Trinajstić information content (AvgIpc) is 3.04. The smallest absolute Gasteiger partial charge is 0.278 e. The van der Waals surface area contributed by atoms with Gasteiger partial charge in [-0.2, -0.15) is 0 Å². The van der Waals surface area contributed by atoms with Crippen LogP contribution in [0.15, 0.2) is 60.8 Å². The summed E-state index contributed by atoms with van der Waals surface area (Å²) in [5.41, 5.74) is 4.98. The van der Waals surface area contributed by atoms with Crippen LogP contribution in [0.2, 0.25) is 0 Å². The van der Waals surface area contributed by atoms with Crippen LogP contribution >= 0.6 is 0 Å². The topological polar surface area (TPSA) is 53.1 Å². The van der Waals surface area contributed by atoms with Gasteiger partial charge in [0.25, 0.3) is 11.8 Å². The van der Waals surface area contributed by atoms with Crippen molar-refractivity contribution < 1.29 is 14.3 Å². The highest BCUT2D eigenvalue weighted by atomic mass is 16.5. The summed E-state index contributed by atoms with van der Waals surface area (Å²) in [7, 11) is 1.67. The maximum Gasteiger partial charge on any atom is 0.278 e. The van der Waals surface area contributed by atoms with Crippen LogP contribution in [0.3, 0.4) is 0 Å². The minimum atomic E-state index is -0.246. The van der Waals surface area contributed by atoms with Gasteiger partial charge in [-0.3, -0.25) is 14.5 Å². The minimum absolute atomic E-state index is 0.205. The van der Waals surface area contributed by atoms with E-state index in [2.05, 4.69) is 16.4 Å². The second-order valence-corrected chi connectivity index (χ2v) is 8.20. The third-order valence-electron chi connectivity index (χ3n) is 6.13. The van der Waals surface area contributed by atoms with E-state index in [-0.39, 0.29) is 18.4 Å². The van der Waals surface area contributed by atoms with E-state index in [0.29, 0.717) is 24.4 Å². The van der Waals surface area contributed by atoms with Crippen molar-refractivity contribution in [2.24, 2.45) is 0 Å². The first kappa shape index (κ1) is 21.7. The largest absolute Gasteiger partial charge is 0.495 e. The number of carbonyl (C=O) groups excluding carboxylic acids is 2. The third-order valence-corrected chi connectivity index (χ3v) is 6.13. The van der Waals surface area contributed by atoms with Crippen molar-refractivity contribution in [3.05, 3.63) is 77.5 Å². The van der Waals surface area contributed by atoms with Crippen molar-refractivity contribution in [2.75, 3.05) is 44.7 Å². The summed E-state index contributed by atoms with van der Waals surface area (Å²) in [5.74, 6) is 0.347. The number of benzene rings is 2. The molecule has 6 heteroatoms. The van der Waals surface area contributed by atoms with E-state index in [1.54, 1.807) is 13.2 Å². The van der Waals surface area contributed by atoms with Gasteiger partial charge in [0.2, 0.25) is 0 Å². The normalized spacial score (nSPS) is 16.8. The van der Waals surface area contributed by atoms with E-state index in [9.17, 15) is 9.59 Å². The lowest BCUT2D eigenvalue weighted by Gasteiger charge is -2.38. The molecule has 2 heterocycles. The van der Waals surface area contributed by atoms with Gasteiger partial charge in [0, 0.05) is 32.7 Å². The highest BCUT2D eigenvalue weighted by molar-refractivity contribution is 6.35. The van der Waals surface area contributed by atoms with Gasteiger partial charge < -0.3 is 14.5 Å². The summed E-state index contributed by atoms with van der Waals surface area (Å²) >= 11 is 0. The molecule has 0 bridgehead atoms. The van der Waals surface area contributed by atoms with Crippen LogP contribution in [0.25, 0.3) is 5.57 Å². The fourth-order valence-electron chi connectivity index (χ4n) is 4.55. The summed E-state index contributed by atoms with van der Waals surface area (Å²) < 4.78 is 5.52. The molecule has 2 aromatic carbocycles. The fraction of sp³-hybridized carbons (Fsp3) is 0.308.